The number of pyridine rings is 1. The van der Waals surface area contributed by atoms with Crippen LogP contribution >= 0.6 is 0 Å². The smallest absolute Gasteiger partial charge is 0.238 e. The maximum Gasteiger partial charge on any atom is 0.238 e. The van der Waals surface area contributed by atoms with Crippen LogP contribution in [0.2, 0.25) is 0 Å². The van der Waals surface area contributed by atoms with Gasteiger partial charge >= 0.3 is 0 Å². The second-order valence-corrected chi connectivity index (χ2v) is 6.66. The first-order chi connectivity index (χ1) is 12.6. The van der Waals surface area contributed by atoms with Gasteiger partial charge < -0.3 is 10.6 Å². The number of piperazine rings is 1. The average molecular weight is 349 g/mol. The van der Waals surface area contributed by atoms with Crippen LogP contribution in [0.25, 0.3) is 0 Å². The summed E-state index contributed by atoms with van der Waals surface area (Å²) in [5.74, 6) is -0.0589. The average Bonchev–Trinajstić information content (AvgIpc) is 2.61. The summed E-state index contributed by atoms with van der Waals surface area (Å²) in [5, 5.41) is 15.7. The summed E-state index contributed by atoms with van der Waals surface area (Å²) in [7, 11) is 0. The van der Waals surface area contributed by atoms with E-state index in [2.05, 4.69) is 32.7 Å². The SMILES string of the molecule is Cc1cc(C)cc(NC(=O)CN2CCNCC2c2ncccc2C#N)c1. The fraction of sp³-hybridized carbons (Fsp3) is 0.350. The van der Waals surface area contributed by atoms with Crippen LogP contribution in [0.3, 0.4) is 0 Å². The molecule has 2 heterocycles. The Bertz CT molecular complexity index is 822. The lowest BCUT2D eigenvalue weighted by Gasteiger charge is -2.35. The molecule has 1 saturated heterocycles. The van der Waals surface area contributed by atoms with Crippen molar-refractivity contribution in [3.8, 4) is 6.07 Å². The van der Waals surface area contributed by atoms with Crippen LogP contribution in [0.5, 0.6) is 0 Å². The first-order valence-electron chi connectivity index (χ1n) is 8.75. The normalized spacial score (nSPS) is 17.5. The summed E-state index contributed by atoms with van der Waals surface area (Å²) in [6.07, 6.45) is 1.69. The summed E-state index contributed by atoms with van der Waals surface area (Å²) >= 11 is 0. The monoisotopic (exact) mass is 349 g/mol. The molecule has 26 heavy (non-hydrogen) atoms. The molecule has 0 spiro atoms. The molecule has 0 radical (unpaired) electrons. The quantitative estimate of drug-likeness (QED) is 0.884. The third kappa shape index (κ3) is 4.26. The molecule has 1 fully saturated rings. The number of nitriles is 1. The van der Waals surface area contributed by atoms with Crippen molar-refractivity contribution in [3.63, 3.8) is 0 Å². The molecule has 0 bridgehead atoms. The number of benzene rings is 1. The zero-order chi connectivity index (χ0) is 18.5. The first-order valence-corrected chi connectivity index (χ1v) is 8.75. The molecule has 1 amide bonds. The number of hydrogen-bond acceptors (Lipinski definition) is 5. The van der Waals surface area contributed by atoms with Crippen LogP contribution in [0, 0.1) is 25.2 Å². The summed E-state index contributed by atoms with van der Waals surface area (Å²) in [4.78, 5) is 19.1. The number of rotatable bonds is 4. The summed E-state index contributed by atoms with van der Waals surface area (Å²) in [6, 6.07) is 11.6. The van der Waals surface area contributed by atoms with E-state index in [1.165, 1.54) is 0 Å². The van der Waals surface area contributed by atoms with Gasteiger partial charge in [0.25, 0.3) is 0 Å². The van der Waals surface area contributed by atoms with E-state index in [0.717, 1.165) is 35.6 Å². The fourth-order valence-electron chi connectivity index (χ4n) is 3.41. The van der Waals surface area contributed by atoms with Gasteiger partial charge in [-0.25, -0.2) is 0 Å². The molecule has 2 aromatic rings. The van der Waals surface area contributed by atoms with Crippen LogP contribution in [0.1, 0.15) is 28.4 Å². The van der Waals surface area contributed by atoms with Crippen LogP contribution in [-0.4, -0.2) is 42.0 Å². The van der Waals surface area contributed by atoms with Crippen molar-refractivity contribution < 1.29 is 4.79 Å². The predicted octanol–water partition coefficient (Wildman–Crippen LogP) is 2.16. The Labute approximate surface area is 153 Å². The number of carbonyl (C=O) groups is 1. The van der Waals surface area contributed by atoms with E-state index in [1.54, 1.807) is 18.3 Å². The fourth-order valence-corrected chi connectivity index (χ4v) is 3.41. The zero-order valence-electron chi connectivity index (χ0n) is 15.1. The largest absolute Gasteiger partial charge is 0.325 e. The van der Waals surface area contributed by atoms with Gasteiger partial charge in [0, 0.05) is 31.5 Å². The molecule has 1 aliphatic rings. The second-order valence-electron chi connectivity index (χ2n) is 6.66. The maximum atomic E-state index is 12.6. The Balaban J connectivity index is 1.74. The minimum atomic E-state index is -0.0930. The highest BCUT2D eigenvalue weighted by molar-refractivity contribution is 5.92. The number of hydrogen-bond donors (Lipinski definition) is 2. The van der Waals surface area contributed by atoms with E-state index in [1.807, 2.05) is 26.0 Å². The number of carbonyl (C=O) groups excluding carboxylic acids is 1. The molecular weight excluding hydrogens is 326 g/mol. The van der Waals surface area contributed by atoms with Gasteiger partial charge in [-0.3, -0.25) is 14.7 Å². The number of nitrogens with one attached hydrogen (secondary N) is 2. The highest BCUT2D eigenvalue weighted by Crippen LogP contribution is 2.23. The van der Waals surface area contributed by atoms with Crippen LogP contribution < -0.4 is 10.6 Å². The van der Waals surface area contributed by atoms with Crippen molar-refractivity contribution in [1.82, 2.24) is 15.2 Å². The summed E-state index contributed by atoms with van der Waals surface area (Å²) in [6.45, 7) is 6.50. The molecule has 0 aliphatic carbocycles. The van der Waals surface area contributed by atoms with Crippen LogP contribution in [0.4, 0.5) is 5.69 Å². The summed E-state index contributed by atoms with van der Waals surface area (Å²) < 4.78 is 0. The third-order valence-corrected chi connectivity index (χ3v) is 4.48. The molecule has 2 N–H and O–H groups in total. The molecule has 1 aromatic heterocycles. The van der Waals surface area contributed by atoms with Gasteiger partial charge in [0.05, 0.1) is 23.8 Å². The van der Waals surface area contributed by atoms with E-state index in [0.29, 0.717) is 12.1 Å². The minimum Gasteiger partial charge on any atom is -0.325 e. The van der Waals surface area contributed by atoms with Crippen molar-refractivity contribution in [3.05, 3.63) is 58.9 Å². The van der Waals surface area contributed by atoms with E-state index < -0.39 is 0 Å². The Kier molecular flexibility index (Phi) is 5.61. The summed E-state index contributed by atoms with van der Waals surface area (Å²) in [5.41, 5.74) is 4.33. The van der Waals surface area contributed by atoms with Crippen molar-refractivity contribution >= 4 is 11.6 Å². The highest BCUT2D eigenvalue weighted by atomic mass is 16.2. The number of aryl methyl sites for hydroxylation is 2. The van der Waals surface area contributed by atoms with Gasteiger partial charge in [-0.15, -0.1) is 0 Å². The Morgan fingerprint density at radius 1 is 1.38 bits per heavy atom. The van der Waals surface area contributed by atoms with Gasteiger partial charge in [-0.05, 0) is 49.2 Å². The Hall–Kier alpha value is -2.75. The first kappa shape index (κ1) is 18.1. The molecule has 1 aliphatic heterocycles. The minimum absolute atomic E-state index is 0.0589. The van der Waals surface area contributed by atoms with Crippen molar-refractivity contribution in [2.45, 2.75) is 19.9 Å². The van der Waals surface area contributed by atoms with Crippen LogP contribution in [0.15, 0.2) is 36.5 Å². The molecule has 0 saturated carbocycles. The van der Waals surface area contributed by atoms with Gasteiger partial charge in [0.15, 0.2) is 0 Å². The van der Waals surface area contributed by atoms with Crippen LogP contribution in [-0.2, 0) is 4.79 Å². The van der Waals surface area contributed by atoms with E-state index in [9.17, 15) is 10.1 Å². The van der Waals surface area contributed by atoms with Crippen molar-refractivity contribution in [2.75, 3.05) is 31.5 Å². The highest BCUT2D eigenvalue weighted by Gasteiger charge is 2.28. The van der Waals surface area contributed by atoms with E-state index in [-0.39, 0.29) is 18.5 Å². The lowest BCUT2D eigenvalue weighted by Crippen LogP contribution is -2.49. The topological polar surface area (TPSA) is 81.1 Å². The third-order valence-electron chi connectivity index (χ3n) is 4.48. The molecule has 1 unspecified atom stereocenters. The second kappa shape index (κ2) is 8.09. The Morgan fingerprint density at radius 2 is 2.15 bits per heavy atom. The molecular formula is C20H23N5O. The molecule has 134 valence electrons. The molecule has 6 heteroatoms. The van der Waals surface area contributed by atoms with Crippen molar-refractivity contribution in [2.24, 2.45) is 0 Å². The molecule has 6 nitrogen and oxygen atoms in total. The van der Waals surface area contributed by atoms with Gasteiger partial charge in [0.2, 0.25) is 5.91 Å². The number of amides is 1. The molecule has 1 aromatic carbocycles. The lowest BCUT2D eigenvalue weighted by molar-refractivity contribution is -0.118. The molecule has 3 rings (SSSR count). The predicted molar refractivity (Wildman–Crippen MR) is 101 cm³/mol. The zero-order valence-corrected chi connectivity index (χ0v) is 15.1. The van der Waals surface area contributed by atoms with E-state index in [4.69, 9.17) is 0 Å². The lowest BCUT2D eigenvalue weighted by atomic mass is 10.0. The van der Waals surface area contributed by atoms with Gasteiger partial charge in [-0.2, -0.15) is 5.26 Å². The number of aromatic nitrogens is 1. The maximum absolute atomic E-state index is 12.6. The van der Waals surface area contributed by atoms with Gasteiger partial charge in [-0.1, -0.05) is 6.07 Å². The molecule has 1 atom stereocenters. The van der Waals surface area contributed by atoms with Crippen molar-refractivity contribution in [1.29, 1.82) is 5.26 Å². The van der Waals surface area contributed by atoms with E-state index >= 15 is 0 Å². The Morgan fingerprint density at radius 3 is 2.88 bits per heavy atom. The number of anilines is 1. The number of nitrogens with zero attached hydrogens (tertiary/aromatic N) is 3. The van der Waals surface area contributed by atoms with Gasteiger partial charge in [0.1, 0.15) is 6.07 Å². The standard InChI is InChI=1S/C20H23N5O/c1-14-8-15(2)10-17(9-14)24-19(26)13-25-7-6-22-12-18(25)20-16(11-21)4-3-5-23-20/h3-5,8-10,18,22H,6-7,12-13H2,1-2H3,(H,24,26).